The Morgan fingerprint density at radius 2 is 1.74 bits per heavy atom. The van der Waals surface area contributed by atoms with E-state index >= 15 is 0 Å². The zero-order chi connectivity index (χ0) is 13.5. The van der Waals surface area contributed by atoms with Crippen LogP contribution in [0.4, 0.5) is 0 Å². The lowest BCUT2D eigenvalue weighted by Crippen LogP contribution is -2.45. The van der Waals surface area contributed by atoms with Crippen LogP contribution in [0.25, 0.3) is 0 Å². The van der Waals surface area contributed by atoms with Crippen molar-refractivity contribution in [1.29, 1.82) is 0 Å². The largest absolute Gasteiger partial charge is 0.329 e. The first kappa shape index (κ1) is 15.3. The maximum absolute atomic E-state index is 5.63. The van der Waals surface area contributed by atoms with E-state index in [1.54, 1.807) is 0 Å². The Morgan fingerprint density at radius 1 is 1.05 bits per heavy atom. The first-order valence-electron chi connectivity index (χ1n) is 8.42. The average molecular weight is 267 g/mol. The third-order valence-electron chi connectivity index (χ3n) is 5.24. The predicted octanol–water partition coefficient (Wildman–Crippen LogP) is 2.31. The van der Waals surface area contributed by atoms with Gasteiger partial charge in [-0.3, -0.25) is 0 Å². The third kappa shape index (κ3) is 5.05. The fourth-order valence-corrected chi connectivity index (χ4v) is 3.81. The highest BCUT2D eigenvalue weighted by molar-refractivity contribution is 4.79. The van der Waals surface area contributed by atoms with Gasteiger partial charge in [0.15, 0.2) is 0 Å². The molecule has 3 heteroatoms. The molecule has 19 heavy (non-hydrogen) atoms. The van der Waals surface area contributed by atoms with Crippen molar-refractivity contribution in [3.63, 3.8) is 0 Å². The number of likely N-dealkylation sites (tertiary alicyclic amines) is 1. The smallest absolute Gasteiger partial charge is 0.0117 e. The monoisotopic (exact) mass is 267 g/mol. The molecule has 2 rings (SSSR count). The molecule has 1 saturated carbocycles. The zero-order valence-electron chi connectivity index (χ0n) is 12.8. The molecule has 0 aromatic rings. The molecule has 0 amide bonds. The van der Waals surface area contributed by atoms with E-state index in [1.807, 2.05) is 0 Å². The van der Waals surface area contributed by atoms with Crippen molar-refractivity contribution in [2.75, 3.05) is 39.8 Å². The van der Waals surface area contributed by atoms with Gasteiger partial charge in [0.25, 0.3) is 0 Å². The third-order valence-corrected chi connectivity index (χ3v) is 5.24. The van der Waals surface area contributed by atoms with E-state index in [1.165, 1.54) is 71.0 Å². The predicted molar refractivity (Wildman–Crippen MR) is 82.3 cm³/mol. The van der Waals surface area contributed by atoms with Gasteiger partial charge in [-0.05, 0) is 51.9 Å². The molecule has 2 fully saturated rings. The molecule has 0 unspecified atom stereocenters. The number of hydrogen-bond acceptors (Lipinski definition) is 3. The van der Waals surface area contributed by atoms with Gasteiger partial charge in [-0.25, -0.2) is 0 Å². The Bertz CT molecular complexity index is 230. The topological polar surface area (TPSA) is 32.5 Å². The molecule has 1 aliphatic heterocycles. The maximum Gasteiger partial charge on any atom is 0.0117 e. The Balaban J connectivity index is 1.62. The molecule has 2 N–H and O–H groups in total. The molecular weight excluding hydrogens is 234 g/mol. The molecule has 1 aliphatic carbocycles. The van der Waals surface area contributed by atoms with Crippen LogP contribution >= 0.6 is 0 Å². The molecule has 0 spiro atoms. The summed E-state index contributed by atoms with van der Waals surface area (Å²) >= 11 is 0. The summed E-state index contributed by atoms with van der Waals surface area (Å²) in [6.07, 6.45) is 11.5. The van der Waals surface area contributed by atoms with E-state index in [0.29, 0.717) is 0 Å². The van der Waals surface area contributed by atoms with Crippen LogP contribution in [0.5, 0.6) is 0 Å². The van der Waals surface area contributed by atoms with Gasteiger partial charge in [0.1, 0.15) is 0 Å². The van der Waals surface area contributed by atoms with Crippen LogP contribution < -0.4 is 5.73 Å². The standard InChI is InChI=1S/C16H33N3/c1-18(11-7-15-5-3-2-4-6-15)16-8-12-19(13-9-16)14-10-17/h15-16H,2-14,17H2,1H3. The highest BCUT2D eigenvalue weighted by Gasteiger charge is 2.22. The molecule has 1 saturated heterocycles. The zero-order valence-corrected chi connectivity index (χ0v) is 12.8. The van der Waals surface area contributed by atoms with Crippen molar-refractivity contribution < 1.29 is 0 Å². The minimum Gasteiger partial charge on any atom is -0.329 e. The summed E-state index contributed by atoms with van der Waals surface area (Å²) in [5.41, 5.74) is 5.63. The van der Waals surface area contributed by atoms with Crippen molar-refractivity contribution in [2.45, 2.75) is 57.4 Å². The van der Waals surface area contributed by atoms with E-state index in [-0.39, 0.29) is 0 Å². The summed E-state index contributed by atoms with van der Waals surface area (Å²) in [6, 6.07) is 0.817. The summed E-state index contributed by atoms with van der Waals surface area (Å²) in [5, 5.41) is 0. The fourth-order valence-electron chi connectivity index (χ4n) is 3.81. The summed E-state index contributed by atoms with van der Waals surface area (Å²) in [6.45, 7) is 5.69. The highest BCUT2D eigenvalue weighted by Crippen LogP contribution is 2.27. The quantitative estimate of drug-likeness (QED) is 0.801. The van der Waals surface area contributed by atoms with Crippen LogP contribution in [0.1, 0.15) is 51.4 Å². The molecule has 0 aromatic heterocycles. The number of piperidine rings is 1. The van der Waals surface area contributed by atoms with Gasteiger partial charge < -0.3 is 15.5 Å². The minimum atomic E-state index is 0.808. The Morgan fingerprint density at radius 3 is 2.37 bits per heavy atom. The van der Waals surface area contributed by atoms with Gasteiger partial charge in [-0.15, -0.1) is 0 Å². The fraction of sp³-hybridized carbons (Fsp3) is 1.00. The van der Waals surface area contributed by atoms with E-state index in [2.05, 4.69) is 16.8 Å². The van der Waals surface area contributed by atoms with Crippen LogP contribution in [0.15, 0.2) is 0 Å². The average Bonchev–Trinajstić information content (AvgIpc) is 2.47. The van der Waals surface area contributed by atoms with E-state index in [0.717, 1.165) is 25.0 Å². The molecule has 3 nitrogen and oxygen atoms in total. The van der Waals surface area contributed by atoms with Crippen molar-refractivity contribution in [3.8, 4) is 0 Å². The number of nitrogens with two attached hydrogens (primary N) is 1. The number of hydrogen-bond donors (Lipinski definition) is 1. The number of rotatable bonds is 6. The molecular formula is C16H33N3. The first-order valence-corrected chi connectivity index (χ1v) is 8.42. The van der Waals surface area contributed by atoms with Crippen molar-refractivity contribution in [1.82, 2.24) is 9.80 Å². The second kappa shape index (κ2) is 8.23. The van der Waals surface area contributed by atoms with Gasteiger partial charge >= 0.3 is 0 Å². The normalized spacial score (nSPS) is 24.2. The Labute approximate surface area is 119 Å². The second-order valence-corrected chi connectivity index (χ2v) is 6.63. The van der Waals surface area contributed by atoms with Crippen molar-refractivity contribution in [2.24, 2.45) is 11.7 Å². The molecule has 1 heterocycles. The van der Waals surface area contributed by atoms with Gasteiger partial charge in [-0.2, -0.15) is 0 Å². The maximum atomic E-state index is 5.63. The van der Waals surface area contributed by atoms with Gasteiger partial charge in [0, 0.05) is 19.1 Å². The summed E-state index contributed by atoms with van der Waals surface area (Å²) in [7, 11) is 2.34. The molecule has 0 bridgehead atoms. The lowest BCUT2D eigenvalue weighted by atomic mass is 9.87. The lowest BCUT2D eigenvalue weighted by molar-refractivity contribution is 0.122. The van der Waals surface area contributed by atoms with E-state index in [9.17, 15) is 0 Å². The van der Waals surface area contributed by atoms with Crippen LogP contribution in [0.3, 0.4) is 0 Å². The number of nitrogens with zero attached hydrogens (tertiary/aromatic N) is 2. The van der Waals surface area contributed by atoms with E-state index < -0.39 is 0 Å². The highest BCUT2D eigenvalue weighted by atomic mass is 15.2. The molecule has 112 valence electrons. The molecule has 0 atom stereocenters. The van der Waals surface area contributed by atoms with Gasteiger partial charge in [0.05, 0.1) is 0 Å². The van der Waals surface area contributed by atoms with Crippen molar-refractivity contribution in [3.05, 3.63) is 0 Å². The molecule has 2 aliphatic rings. The van der Waals surface area contributed by atoms with Gasteiger partial charge in [0.2, 0.25) is 0 Å². The minimum absolute atomic E-state index is 0.808. The summed E-state index contributed by atoms with van der Waals surface area (Å²) in [5.74, 6) is 1.02. The summed E-state index contributed by atoms with van der Waals surface area (Å²) < 4.78 is 0. The second-order valence-electron chi connectivity index (χ2n) is 6.63. The van der Waals surface area contributed by atoms with Crippen molar-refractivity contribution >= 4 is 0 Å². The van der Waals surface area contributed by atoms with Crippen LogP contribution in [0, 0.1) is 5.92 Å². The lowest BCUT2D eigenvalue weighted by Gasteiger charge is -2.37. The van der Waals surface area contributed by atoms with Crippen LogP contribution in [-0.4, -0.2) is 55.6 Å². The van der Waals surface area contributed by atoms with Gasteiger partial charge in [-0.1, -0.05) is 32.1 Å². The van der Waals surface area contributed by atoms with Crippen LogP contribution in [0.2, 0.25) is 0 Å². The Hall–Kier alpha value is -0.120. The summed E-state index contributed by atoms with van der Waals surface area (Å²) in [4.78, 5) is 5.15. The van der Waals surface area contributed by atoms with E-state index in [4.69, 9.17) is 5.73 Å². The first-order chi connectivity index (χ1) is 9.29. The van der Waals surface area contributed by atoms with Crippen LogP contribution in [-0.2, 0) is 0 Å². The molecule has 0 aromatic carbocycles. The SMILES string of the molecule is CN(CCC1CCCCC1)C1CCN(CCN)CC1. The Kier molecular flexibility index (Phi) is 6.62. The molecule has 0 radical (unpaired) electrons.